The molecule has 1 amide bonds. The number of amides is 1. The number of hydrogen-bond donors (Lipinski definition) is 1. The van der Waals surface area contributed by atoms with Gasteiger partial charge in [0, 0.05) is 39.4 Å². The predicted octanol–water partition coefficient (Wildman–Crippen LogP) is 2.25. The number of rotatable bonds is 7. The Hall–Kier alpha value is -1.22. The third-order valence-corrected chi connectivity index (χ3v) is 3.77. The lowest BCUT2D eigenvalue weighted by molar-refractivity contribution is 0.0678. The number of aromatic nitrogens is 2. The van der Waals surface area contributed by atoms with Gasteiger partial charge in [0.05, 0.1) is 16.7 Å². The van der Waals surface area contributed by atoms with E-state index >= 15 is 0 Å². The van der Waals surface area contributed by atoms with Crippen molar-refractivity contribution in [2.45, 2.75) is 25.9 Å². The maximum absolute atomic E-state index is 12.7. The molecule has 1 rings (SSSR count). The summed E-state index contributed by atoms with van der Waals surface area (Å²) < 4.78 is 27.7. The van der Waals surface area contributed by atoms with Crippen LogP contribution in [0.2, 0.25) is 0 Å². The van der Waals surface area contributed by atoms with Gasteiger partial charge < -0.3 is 10.0 Å². The summed E-state index contributed by atoms with van der Waals surface area (Å²) in [5.74, 6) is 0. The van der Waals surface area contributed by atoms with Crippen LogP contribution in [0.5, 0.6) is 0 Å². The van der Waals surface area contributed by atoms with E-state index in [1.807, 2.05) is 0 Å². The zero-order valence-electron chi connectivity index (χ0n) is 12.1. The average molecular weight is 369 g/mol. The fraction of sp³-hybridized carbons (Fsp3) is 0.667. The molecule has 0 spiro atoms. The van der Waals surface area contributed by atoms with Crippen LogP contribution in [0.3, 0.4) is 0 Å². The first-order chi connectivity index (χ1) is 9.70. The third-order valence-electron chi connectivity index (χ3n) is 3.11. The molecule has 1 unspecified atom stereocenters. The van der Waals surface area contributed by atoms with Crippen molar-refractivity contribution in [3.63, 3.8) is 0 Å². The van der Waals surface area contributed by atoms with Crippen molar-refractivity contribution in [2.75, 3.05) is 20.1 Å². The first-order valence-corrected chi connectivity index (χ1v) is 7.14. The van der Waals surface area contributed by atoms with Crippen LogP contribution < -0.4 is 0 Å². The molecule has 1 heterocycles. The van der Waals surface area contributed by atoms with E-state index in [-0.39, 0.29) is 13.1 Å². The Balaban J connectivity index is 2.76. The molecular weight excluding hydrogens is 350 g/mol. The molecule has 1 N–H and O–H groups in total. The number of aryl methyl sites for hydroxylation is 1. The summed E-state index contributed by atoms with van der Waals surface area (Å²) in [5.41, 5.74) is 0.642. The van der Waals surface area contributed by atoms with Gasteiger partial charge in [-0.3, -0.25) is 9.58 Å². The molecule has 0 aliphatic heterocycles. The van der Waals surface area contributed by atoms with Crippen LogP contribution in [-0.4, -0.2) is 63.4 Å². The molecule has 9 heteroatoms. The van der Waals surface area contributed by atoms with Crippen molar-refractivity contribution >= 4 is 22.0 Å². The zero-order valence-corrected chi connectivity index (χ0v) is 13.7. The van der Waals surface area contributed by atoms with Crippen molar-refractivity contribution in [2.24, 2.45) is 7.05 Å². The quantitative estimate of drug-likeness (QED) is 0.801. The molecular formula is C12H19BrF2N4O2. The highest BCUT2D eigenvalue weighted by Crippen LogP contribution is 2.17. The Morgan fingerprint density at radius 2 is 2.14 bits per heavy atom. The van der Waals surface area contributed by atoms with Crippen molar-refractivity contribution in [3.05, 3.63) is 16.4 Å². The second kappa shape index (κ2) is 7.69. The molecule has 21 heavy (non-hydrogen) atoms. The zero-order chi connectivity index (χ0) is 16.2. The van der Waals surface area contributed by atoms with E-state index < -0.39 is 25.1 Å². The van der Waals surface area contributed by atoms with Gasteiger partial charge in [0.15, 0.2) is 0 Å². The first-order valence-electron chi connectivity index (χ1n) is 6.35. The fourth-order valence-corrected chi connectivity index (χ4v) is 2.41. The standard InChI is InChI=1S/C12H19BrF2N4O2/c1-8(18(3)12(20)21)4-19(7-11(14)15)6-10-9(13)5-17(2)16-10/h5,8,11H,4,6-7H2,1-3H3,(H,20,21). The van der Waals surface area contributed by atoms with Crippen LogP contribution in [0.25, 0.3) is 0 Å². The number of nitrogens with zero attached hydrogens (tertiary/aromatic N) is 4. The molecule has 0 aliphatic rings. The second-order valence-corrected chi connectivity index (χ2v) is 5.78. The Morgan fingerprint density at radius 1 is 1.52 bits per heavy atom. The van der Waals surface area contributed by atoms with Crippen LogP contribution in [0.15, 0.2) is 10.7 Å². The highest BCUT2D eigenvalue weighted by molar-refractivity contribution is 9.10. The average Bonchev–Trinajstić information content (AvgIpc) is 2.65. The maximum atomic E-state index is 12.7. The maximum Gasteiger partial charge on any atom is 0.407 e. The minimum absolute atomic E-state index is 0.205. The summed E-state index contributed by atoms with van der Waals surface area (Å²) in [7, 11) is 3.16. The molecule has 1 aromatic rings. The smallest absolute Gasteiger partial charge is 0.407 e. The number of halogens is 3. The van der Waals surface area contributed by atoms with E-state index in [1.54, 1.807) is 24.9 Å². The number of likely N-dealkylation sites (N-methyl/N-ethyl adjacent to an activating group) is 1. The molecule has 1 atom stereocenters. The van der Waals surface area contributed by atoms with Gasteiger partial charge >= 0.3 is 6.09 Å². The topological polar surface area (TPSA) is 61.6 Å². The Kier molecular flexibility index (Phi) is 6.53. The van der Waals surface area contributed by atoms with E-state index in [0.717, 1.165) is 9.37 Å². The molecule has 0 fully saturated rings. The molecule has 0 saturated carbocycles. The number of carbonyl (C=O) groups is 1. The Bertz CT molecular complexity index is 484. The van der Waals surface area contributed by atoms with Gasteiger partial charge in [-0.05, 0) is 22.9 Å². The van der Waals surface area contributed by atoms with E-state index in [9.17, 15) is 13.6 Å². The minimum Gasteiger partial charge on any atom is -0.465 e. The molecule has 0 aliphatic carbocycles. The fourth-order valence-electron chi connectivity index (χ4n) is 1.91. The molecule has 1 aromatic heterocycles. The molecule has 6 nitrogen and oxygen atoms in total. The van der Waals surface area contributed by atoms with Gasteiger partial charge in [-0.2, -0.15) is 5.10 Å². The molecule has 120 valence electrons. The van der Waals surface area contributed by atoms with Crippen molar-refractivity contribution < 1.29 is 18.7 Å². The molecule has 0 saturated heterocycles. The third kappa shape index (κ3) is 5.58. The van der Waals surface area contributed by atoms with Gasteiger partial charge in [0.1, 0.15) is 0 Å². The summed E-state index contributed by atoms with van der Waals surface area (Å²) in [4.78, 5) is 13.5. The first kappa shape index (κ1) is 17.8. The summed E-state index contributed by atoms with van der Waals surface area (Å²) in [6, 6.07) is -0.399. The highest BCUT2D eigenvalue weighted by Gasteiger charge is 2.21. The molecule has 0 bridgehead atoms. The summed E-state index contributed by atoms with van der Waals surface area (Å²) in [6.45, 7) is 1.68. The summed E-state index contributed by atoms with van der Waals surface area (Å²) in [5, 5.41) is 13.1. The molecule has 0 aromatic carbocycles. The van der Waals surface area contributed by atoms with Crippen LogP contribution >= 0.6 is 15.9 Å². The SMILES string of the molecule is CC(CN(Cc1nn(C)cc1Br)CC(F)F)N(C)C(=O)O. The molecule has 0 radical (unpaired) electrons. The largest absolute Gasteiger partial charge is 0.465 e. The van der Waals surface area contributed by atoms with Crippen LogP contribution in [0.1, 0.15) is 12.6 Å². The Labute approximate surface area is 130 Å². The van der Waals surface area contributed by atoms with Crippen molar-refractivity contribution in [1.29, 1.82) is 0 Å². The monoisotopic (exact) mass is 368 g/mol. The summed E-state index contributed by atoms with van der Waals surface area (Å²) >= 11 is 3.33. The van der Waals surface area contributed by atoms with Gasteiger partial charge in [-0.25, -0.2) is 13.6 Å². The van der Waals surface area contributed by atoms with Gasteiger partial charge in [-0.1, -0.05) is 0 Å². The van der Waals surface area contributed by atoms with Gasteiger partial charge in [0.2, 0.25) is 0 Å². The number of alkyl halides is 2. The van der Waals surface area contributed by atoms with Gasteiger partial charge in [-0.15, -0.1) is 0 Å². The van der Waals surface area contributed by atoms with Gasteiger partial charge in [0.25, 0.3) is 6.43 Å². The lowest BCUT2D eigenvalue weighted by Crippen LogP contribution is -2.43. The van der Waals surface area contributed by atoms with E-state index in [1.165, 1.54) is 11.9 Å². The minimum atomic E-state index is -2.49. The van der Waals surface area contributed by atoms with Crippen LogP contribution in [0, 0.1) is 0 Å². The Morgan fingerprint density at radius 3 is 2.57 bits per heavy atom. The lowest BCUT2D eigenvalue weighted by Gasteiger charge is -2.29. The van der Waals surface area contributed by atoms with Crippen LogP contribution in [-0.2, 0) is 13.6 Å². The predicted molar refractivity (Wildman–Crippen MR) is 77.4 cm³/mol. The number of hydrogen-bond acceptors (Lipinski definition) is 3. The normalized spacial score (nSPS) is 13.0. The lowest BCUT2D eigenvalue weighted by atomic mass is 10.2. The van der Waals surface area contributed by atoms with E-state index in [2.05, 4.69) is 21.0 Å². The highest BCUT2D eigenvalue weighted by atomic mass is 79.9. The van der Waals surface area contributed by atoms with Crippen molar-refractivity contribution in [1.82, 2.24) is 19.6 Å². The summed E-state index contributed by atoms with van der Waals surface area (Å²) in [6.07, 6.45) is -1.84. The van der Waals surface area contributed by atoms with Crippen LogP contribution in [0.4, 0.5) is 13.6 Å². The van der Waals surface area contributed by atoms with Crippen molar-refractivity contribution in [3.8, 4) is 0 Å². The number of carboxylic acid groups (broad SMARTS) is 1. The van der Waals surface area contributed by atoms with E-state index in [0.29, 0.717) is 5.69 Å². The second-order valence-electron chi connectivity index (χ2n) is 4.93. The van der Waals surface area contributed by atoms with E-state index in [4.69, 9.17) is 5.11 Å².